The molecule has 8 nitrogen and oxygen atoms in total. The van der Waals surface area contributed by atoms with Crippen molar-refractivity contribution < 1.29 is 23.4 Å². The second kappa shape index (κ2) is 11.4. The van der Waals surface area contributed by atoms with Gasteiger partial charge in [0.1, 0.15) is 11.6 Å². The Hall–Kier alpha value is -4.58. The Morgan fingerprint density at radius 1 is 1.15 bits per heavy atom. The molecule has 0 bridgehead atoms. The zero-order chi connectivity index (χ0) is 27.4. The van der Waals surface area contributed by atoms with Gasteiger partial charge in [0.05, 0.1) is 37.3 Å². The minimum atomic E-state index is -0.562. The van der Waals surface area contributed by atoms with Crippen LogP contribution >= 0.6 is 0 Å². The number of amides is 1. The number of carbonyl (C=O) groups is 1. The Labute approximate surface area is 226 Å². The molecule has 1 aliphatic rings. The lowest BCUT2D eigenvalue weighted by molar-refractivity contribution is -0.124. The second-order valence-electron chi connectivity index (χ2n) is 9.14. The largest absolute Gasteiger partial charge is 0.494 e. The number of fused-ring (bicyclic) bond motifs is 1. The van der Waals surface area contributed by atoms with Crippen LogP contribution < -0.4 is 14.2 Å². The van der Waals surface area contributed by atoms with Crippen molar-refractivity contribution in [1.82, 2.24) is 19.3 Å². The lowest BCUT2D eigenvalue weighted by atomic mass is 10.1. The highest BCUT2D eigenvalue weighted by Crippen LogP contribution is 2.36. The van der Waals surface area contributed by atoms with Crippen LogP contribution in [0.15, 0.2) is 54.9 Å². The van der Waals surface area contributed by atoms with E-state index in [9.17, 15) is 9.18 Å². The molecule has 0 aliphatic carbocycles. The van der Waals surface area contributed by atoms with E-state index in [2.05, 4.69) is 16.8 Å². The Morgan fingerprint density at radius 3 is 2.69 bits per heavy atom. The number of halogens is 1. The summed E-state index contributed by atoms with van der Waals surface area (Å²) in [4.78, 5) is 23.6. The predicted molar refractivity (Wildman–Crippen MR) is 145 cm³/mol. The molecule has 0 spiro atoms. The maximum absolute atomic E-state index is 14.6. The summed E-state index contributed by atoms with van der Waals surface area (Å²) in [5.74, 6) is 6.68. The molecule has 2 aromatic carbocycles. The van der Waals surface area contributed by atoms with Crippen LogP contribution in [0.1, 0.15) is 38.4 Å². The Kier molecular flexibility index (Phi) is 7.64. The number of ether oxygens (including phenoxy) is 3. The Balaban J connectivity index is 1.50. The first-order chi connectivity index (χ1) is 19.0. The number of imidazole rings is 1. The number of hydrogen-bond donors (Lipinski definition) is 0. The van der Waals surface area contributed by atoms with Crippen LogP contribution in [0.25, 0.3) is 16.8 Å². The highest BCUT2D eigenvalue weighted by Gasteiger charge is 2.31. The molecule has 0 N–H and O–H groups in total. The summed E-state index contributed by atoms with van der Waals surface area (Å²) >= 11 is 0. The minimum Gasteiger partial charge on any atom is -0.494 e. The fourth-order valence-electron chi connectivity index (χ4n) is 4.70. The van der Waals surface area contributed by atoms with Gasteiger partial charge in [0.2, 0.25) is 11.7 Å². The van der Waals surface area contributed by atoms with Crippen molar-refractivity contribution in [2.45, 2.75) is 32.6 Å². The fraction of sp³-hybridized carbons (Fsp3) is 0.300. The molecular weight excluding hydrogens is 499 g/mol. The number of methoxy groups -OCH3 is 1. The van der Waals surface area contributed by atoms with Gasteiger partial charge in [-0.15, -0.1) is 0 Å². The summed E-state index contributed by atoms with van der Waals surface area (Å²) in [5, 5.41) is 0. The molecule has 1 saturated heterocycles. The van der Waals surface area contributed by atoms with Crippen molar-refractivity contribution in [2.24, 2.45) is 0 Å². The molecule has 39 heavy (non-hydrogen) atoms. The van der Waals surface area contributed by atoms with E-state index >= 15 is 0 Å². The molecule has 5 rings (SSSR count). The van der Waals surface area contributed by atoms with E-state index in [-0.39, 0.29) is 23.3 Å². The van der Waals surface area contributed by atoms with E-state index in [1.165, 1.54) is 13.2 Å². The average Bonchev–Trinajstić information content (AvgIpc) is 3.59. The summed E-state index contributed by atoms with van der Waals surface area (Å²) < 4.78 is 33.4. The average molecular weight is 529 g/mol. The van der Waals surface area contributed by atoms with Crippen molar-refractivity contribution in [2.75, 3.05) is 26.8 Å². The van der Waals surface area contributed by atoms with Gasteiger partial charge in [-0.2, -0.15) is 4.39 Å². The van der Waals surface area contributed by atoms with E-state index in [0.29, 0.717) is 31.3 Å². The fourth-order valence-corrected chi connectivity index (χ4v) is 4.70. The van der Waals surface area contributed by atoms with E-state index in [1.54, 1.807) is 48.5 Å². The minimum absolute atomic E-state index is 0.0128. The van der Waals surface area contributed by atoms with Gasteiger partial charge in [-0.3, -0.25) is 14.2 Å². The lowest BCUT2D eigenvalue weighted by Crippen LogP contribution is -2.27. The SMILES string of the molecule is CC#CC(=O)N1CC[C@@H](c2nc(-c3ccc(Oc4cccc(OC)c4F)cc3)c3cncc(OCCC)n23)C1. The zero-order valence-corrected chi connectivity index (χ0v) is 22.1. The second-order valence-corrected chi connectivity index (χ2v) is 9.14. The standard InChI is InChI=1S/C30H29FN4O4/c1-4-7-26(36)34-15-14-21(19-34)30-33-29(23-17-32-18-27(35(23)30)38-16-5-2)20-10-12-22(13-11-20)39-25-9-6-8-24(37-3)28(25)31/h6,8-13,17-18,21H,5,14-16,19H2,1-3H3/t21-/m1/s1. The summed E-state index contributed by atoms with van der Waals surface area (Å²) in [6.45, 7) is 5.39. The molecule has 1 fully saturated rings. The third-order valence-electron chi connectivity index (χ3n) is 6.57. The first-order valence-electron chi connectivity index (χ1n) is 12.9. The van der Waals surface area contributed by atoms with E-state index in [4.69, 9.17) is 19.2 Å². The van der Waals surface area contributed by atoms with Gasteiger partial charge in [0.15, 0.2) is 11.5 Å². The molecule has 0 saturated carbocycles. The van der Waals surface area contributed by atoms with Gasteiger partial charge >= 0.3 is 0 Å². The molecule has 9 heteroatoms. The van der Waals surface area contributed by atoms with E-state index < -0.39 is 5.82 Å². The first-order valence-corrected chi connectivity index (χ1v) is 12.9. The van der Waals surface area contributed by atoms with Crippen LogP contribution in [-0.2, 0) is 4.79 Å². The van der Waals surface area contributed by atoms with Crippen LogP contribution in [0.2, 0.25) is 0 Å². The summed E-state index contributed by atoms with van der Waals surface area (Å²) in [5.41, 5.74) is 2.37. The maximum Gasteiger partial charge on any atom is 0.298 e. The monoisotopic (exact) mass is 528 g/mol. The molecule has 1 amide bonds. The Morgan fingerprint density at radius 2 is 1.95 bits per heavy atom. The van der Waals surface area contributed by atoms with Crippen molar-refractivity contribution in [3.05, 3.63) is 66.5 Å². The quantitative estimate of drug-likeness (QED) is 0.283. The highest BCUT2D eigenvalue weighted by atomic mass is 19.1. The predicted octanol–water partition coefficient (Wildman–Crippen LogP) is 5.46. The van der Waals surface area contributed by atoms with Crippen molar-refractivity contribution in [3.8, 4) is 46.2 Å². The van der Waals surface area contributed by atoms with Crippen molar-refractivity contribution in [1.29, 1.82) is 0 Å². The number of likely N-dealkylation sites (tertiary alicyclic amines) is 1. The third kappa shape index (κ3) is 5.23. The van der Waals surface area contributed by atoms with Gasteiger partial charge in [0.25, 0.3) is 5.91 Å². The topological polar surface area (TPSA) is 78.2 Å². The Bertz CT molecular complexity index is 1560. The van der Waals surface area contributed by atoms with Crippen LogP contribution in [0.4, 0.5) is 4.39 Å². The summed E-state index contributed by atoms with van der Waals surface area (Å²) in [7, 11) is 1.41. The van der Waals surface area contributed by atoms with Crippen LogP contribution in [0, 0.1) is 17.7 Å². The molecule has 200 valence electrons. The van der Waals surface area contributed by atoms with Crippen LogP contribution in [-0.4, -0.2) is 52.0 Å². The molecule has 1 aliphatic heterocycles. The van der Waals surface area contributed by atoms with Crippen molar-refractivity contribution in [3.63, 3.8) is 0 Å². The molecule has 0 radical (unpaired) electrons. The summed E-state index contributed by atoms with van der Waals surface area (Å²) in [6.07, 6.45) is 5.08. The van der Waals surface area contributed by atoms with Gasteiger partial charge in [0, 0.05) is 24.6 Å². The van der Waals surface area contributed by atoms with Gasteiger partial charge in [-0.05, 0) is 62.1 Å². The molecule has 2 aromatic heterocycles. The molecule has 3 heterocycles. The molecule has 4 aromatic rings. The van der Waals surface area contributed by atoms with E-state index in [1.807, 2.05) is 23.5 Å². The molecule has 1 atom stereocenters. The van der Waals surface area contributed by atoms with Gasteiger partial charge in [-0.1, -0.05) is 18.9 Å². The zero-order valence-electron chi connectivity index (χ0n) is 22.1. The third-order valence-corrected chi connectivity index (χ3v) is 6.57. The molecular formula is C30H29FN4O4. The number of benzene rings is 2. The number of aromatic nitrogens is 3. The normalized spacial score (nSPS) is 14.7. The van der Waals surface area contributed by atoms with Crippen LogP contribution in [0.3, 0.4) is 0 Å². The van der Waals surface area contributed by atoms with Crippen molar-refractivity contribution >= 4 is 11.4 Å². The van der Waals surface area contributed by atoms with E-state index in [0.717, 1.165) is 35.4 Å². The summed E-state index contributed by atoms with van der Waals surface area (Å²) in [6, 6.07) is 12.0. The van der Waals surface area contributed by atoms with Gasteiger partial charge in [-0.25, -0.2) is 4.98 Å². The maximum atomic E-state index is 14.6. The van der Waals surface area contributed by atoms with Gasteiger partial charge < -0.3 is 19.1 Å². The smallest absolute Gasteiger partial charge is 0.298 e. The number of rotatable bonds is 8. The number of nitrogens with zero attached hydrogens (tertiary/aromatic N) is 4. The number of hydrogen-bond acceptors (Lipinski definition) is 6. The first kappa shape index (κ1) is 26.0. The lowest BCUT2D eigenvalue weighted by Gasteiger charge is -2.14. The molecule has 0 unspecified atom stereocenters. The number of carbonyl (C=O) groups excluding carboxylic acids is 1. The van der Waals surface area contributed by atoms with Crippen LogP contribution in [0.5, 0.6) is 23.1 Å². The highest BCUT2D eigenvalue weighted by molar-refractivity contribution is 5.93.